The van der Waals surface area contributed by atoms with Gasteiger partial charge in [0.05, 0.1) is 11.4 Å². The Morgan fingerprint density at radius 1 is 1.50 bits per heavy atom. The molecule has 0 saturated heterocycles. The summed E-state index contributed by atoms with van der Waals surface area (Å²) in [5, 5.41) is 0. The van der Waals surface area contributed by atoms with Gasteiger partial charge in [-0.3, -0.25) is 4.79 Å². The second kappa shape index (κ2) is 5.42. The molecule has 18 heavy (non-hydrogen) atoms. The Morgan fingerprint density at radius 3 is 2.56 bits per heavy atom. The summed E-state index contributed by atoms with van der Waals surface area (Å²) in [5.41, 5.74) is 0.933. The van der Waals surface area contributed by atoms with Crippen molar-refractivity contribution in [1.82, 2.24) is 4.90 Å². The third-order valence-electron chi connectivity index (χ3n) is 2.38. The predicted molar refractivity (Wildman–Crippen MR) is 70.0 cm³/mol. The molecule has 0 saturated carbocycles. The minimum absolute atomic E-state index is 0.0298. The molecule has 1 amide bonds. The maximum absolute atomic E-state index is 12.0. The van der Waals surface area contributed by atoms with Crippen molar-refractivity contribution in [3.05, 3.63) is 29.3 Å². The van der Waals surface area contributed by atoms with Crippen LogP contribution in [0.1, 0.15) is 15.9 Å². The van der Waals surface area contributed by atoms with Crippen molar-refractivity contribution in [1.29, 1.82) is 0 Å². The third kappa shape index (κ3) is 3.25. The number of benzene rings is 1. The van der Waals surface area contributed by atoms with E-state index in [2.05, 4.69) is 5.92 Å². The van der Waals surface area contributed by atoms with E-state index in [1.54, 1.807) is 14.0 Å². The second-order valence-electron chi connectivity index (χ2n) is 3.78. The van der Waals surface area contributed by atoms with Gasteiger partial charge in [-0.2, -0.15) is 0 Å². The van der Waals surface area contributed by atoms with E-state index < -0.39 is 9.05 Å². The molecule has 0 aliphatic heterocycles. The molecule has 0 radical (unpaired) electrons. The molecule has 0 atom stereocenters. The first-order chi connectivity index (χ1) is 8.27. The summed E-state index contributed by atoms with van der Waals surface area (Å²) < 4.78 is 22.3. The quantitative estimate of drug-likeness (QED) is 0.626. The number of hydrogen-bond donors (Lipinski definition) is 0. The average molecular weight is 286 g/mol. The molecule has 6 heteroatoms. The van der Waals surface area contributed by atoms with E-state index in [0.29, 0.717) is 11.1 Å². The van der Waals surface area contributed by atoms with Crippen molar-refractivity contribution in [2.24, 2.45) is 0 Å². The minimum atomic E-state index is -3.78. The zero-order chi connectivity index (χ0) is 13.9. The molecule has 96 valence electrons. The van der Waals surface area contributed by atoms with Crippen LogP contribution in [0.15, 0.2) is 23.1 Å². The number of terminal acetylenes is 1. The van der Waals surface area contributed by atoms with Gasteiger partial charge >= 0.3 is 0 Å². The number of aryl methyl sites for hydroxylation is 1. The standard InChI is InChI=1S/C12H12ClNO3S/c1-4-7-14(3)12(15)11-6-5-10(8-9(11)2)18(13,16)17/h1,5-6,8H,7H2,2-3H3. The van der Waals surface area contributed by atoms with Crippen LogP contribution in [0.5, 0.6) is 0 Å². The summed E-state index contributed by atoms with van der Waals surface area (Å²) in [6, 6.07) is 4.09. The van der Waals surface area contributed by atoms with E-state index in [0.717, 1.165) is 0 Å². The molecule has 1 aromatic carbocycles. The van der Waals surface area contributed by atoms with E-state index in [1.807, 2.05) is 0 Å². The Bertz CT molecular complexity index is 617. The van der Waals surface area contributed by atoms with E-state index in [1.165, 1.54) is 23.1 Å². The molecular formula is C12H12ClNO3S. The monoisotopic (exact) mass is 285 g/mol. The summed E-state index contributed by atoms with van der Waals surface area (Å²) in [7, 11) is 3.02. The highest BCUT2D eigenvalue weighted by Crippen LogP contribution is 2.19. The molecule has 0 heterocycles. The maximum Gasteiger partial charge on any atom is 0.261 e. The van der Waals surface area contributed by atoms with Crippen molar-refractivity contribution in [2.75, 3.05) is 13.6 Å². The van der Waals surface area contributed by atoms with Gasteiger partial charge in [-0.15, -0.1) is 6.42 Å². The van der Waals surface area contributed by atoms with Crippen LogP contribution >= 0.6 is 10.7 Å². The van der Waals surface area contributed by atoms with Gasteiger partial charge < -0.3 is 4.90 Å². The molecule has 0 aromatic heterocycles. The molecule has 1 aromatic rings. The van der Waals surface area contributed by atoms with Crippen LogP contribution in [0.2, 0.25) is 0 Å². The fraction of sp³-hybridized carbons (Fsp3) is 0.250. The SMILES string of the molecule is C#CCN(C)C(=O)c1ccc(S(=O)(=O)Cl)cc1C. The van der Waals surface area contributed by atoms with Gasteiger partial charge in [0.25, 0.3) is 15.0 Å². The summed E-state index contributed by atoms with van der Waals surface area (Å²) in [5.74, 6) is 2.10. The van der Waals surface area contributed by atoms with Crippen molar-refractivity contribution in [3.8, 4) is 12.3 Å². The van der Waals surface area contributed by atoms with Gasteiger partial charge in [-0.05, 0) is 30.7 Å². The summed E-state index contributed by atoms with van der Waals surface area (Å²) in [6.45, 7) is 1.83. The van der Waals surface area contributed by atoms with E-state index in [-0.39, 0.29) is 17.3 Å². The first-order valence-electron chi connectivity index (χ1n) is 5.01. The van der Waals surface area contributed by atoms with Gasteiger partial charge in [0, 0.05) is 23.3 Å². The number of rotatable bonds is 3. The lowest BCUT2D eigenvalue weighted by molar-refractivity contribution is 0.0812. The molecule has 0 unspecified atom stereocenters. The molecule has 0 bridgehead atoms. The Labute approximate surface area is 111 Å². The number of carbonyl (C=O) groups is 1. The average Bonchev–Trinajstić information content (AvgIpc) is 2.27. The Balaban J connectivity index is 3.15. The maximum atomic E-state index is 12.0. The number of nitrogens with zero attached hydrogens (tertiary/aromatic N) is 1. The number of carbonyl (C=O) groups excluding carboxylic acids is 1. The summed E-state index contributed by atoms with van der Waals surface area (Å²) >= 11 is 0. The highest BCUT2D eigenvalue weighted by atomic mass is 35.7. The summed E-state index contributed by atoms with van der Waals surface area (Å²) in [6.07, 6.45) is 5.12. The lowest BCUT2D eigenvalue weighted by Crippen LogP contribution is -2.27. The molecule has 4 nitrogen and oxygen atoms in total. The number of halogens is 1. The topological polar surface area (TPSA) is 54.5 Å². The highest BCUT2D eigenvalue weighted by Gasteiger charge is 2.16. The first kappa shape index (κ1) is 14.6. The van der Waals surface area contributed by atoms with Crippen LogP contribution in [0, 0.1) is 19.3 Å². The van der Waals surface area contributed by atoms with Gasteiger partial charge in [0.2, 0.25) is 0 Å². The summed E-state index contributed by atoms with van der Waals surface area (Å²) in [4.78, 5) is 13.3. The van der Waals surface area contributed by atoms with Crippen molar-refractivity contribution in [2.45, 2.75) is 11.8 Å². The molecule has 0 spiro atoms. The van der Waals surface area contributed by atoms with E-state index in [9.17, 15) is 13.2 Å². The molecule has 0 aliphatic rings. The molecular weight excluding hydrogens is 274 g/mol. The molecule has 0 fully saturated rings. The van der Waals surface area contributed by atoms with Gasteiger partial charge in [-0.25, -0.2) is 8.42 Å². The van der Waals surface area contributed by atoms with Crippen LogP contribution in [0.4, 0.5) is 0 Å². The largest absolute Gasteiger partial charge is 0.331 e. The Hall–Kier alpha value is -1.51. The lowest BCUT2D eigenvalue weighted by Gasteiger charge is -2.15. The van der Waals surface area contributed by atoms with Crippen molar-refractivity contribution < 1.29 is 13.2 Å². The second-order valence-corrected chi connectivity index (χ2v) is 6.35. The molecule has 1 rings (SSSR count). The highest BCUT2D eigenvalue weighted by molar-refractivity contribution is 8.13. The fourth-order valence-corrected chi connectivity index (χ4v) is 2.28. The van der Waals surface area contributed by atoms with Gasteiger partial charge in [0.1, 0.15) is 0 Å². The zero-order valence-corrected chi connectivity index (χ0v) is 11.5. The third-order valence-corrected chi connectivity index (χ3v) is 3.74. The van der Waals surface area contributed by atoms with E-state index in [4.69, 9.17) is 17.1 Å². The fourth-order valence-electron chi connectivity index (χ4n) is 1.44. The number of amides is 1. The zero-order valence-electron chi connectivity index (χ0n) is 9.97. The smallest absolute Gasteiger partial charge is 0.261 e. The molecule has 0 N–H and O–H groups in total. The van der Waals surface area contributed by atoms with Crippen LogP contribution < -0.4 is 0 Å². The molecule has 0 aliphatic carbocycles. The van der Waals surface area contributed by atoms with Crippen LogP contribution in [-0.4, -0.2) is 32.8 Å². The Kier molecular flexibility index (Phi) is 4.38. The normalized spacial score (nSPS) is 10.8. The van der Waals surface area contributed by atoms with Gasteiger partial charge in [0.15, 0.2) is 0 Å². The first-order valence-corrected chi connectivity index (χ1v) is 7.32. The van der Waals surface area contributed by atoms with Gasteiger partial charge in [-0.1, -0.05) is 5.92 Å². The Morgan fingerprint density at radius 2 is 2.11 bits per heavy atom. The van der Waals surface area contributed by atoms with Crippen molar-refractivity contribution in [3.63, 3.8) is 0 Å². The lowest BCUT2D eigenvalue weighted by atomic mass is 10.1. The van der Waals surface area contributed by atoms with Crippen LogP contribution in [0.25, 0.3) is 0 Å². The number of hydrogen-bond acceptors (Lipinski definition) is 3. The van der Waals surface area contributed by atoms with Crippen LogP contribution in [0.3, 0.4) is 0 Å². The predicted octanol–water partition coefficient (Wildman–Crippen LogP) is 1.63. The van der Waals surface area contributed by atoms with E-state index >= 15 is 0 Å². The minimum Gasteiger partial charge on any atom is -0.331 e. The van der Waals surface area contributed by atoms with Crippen LogP contribution in [-0.2, 0) is 9.05 Å². The van der Waals surface area contributed by atoms with Crippen molar-refractivity contribution >= 4 is 25.6 Å².